The third kappa shape index (κ3) is 3.53. The average Bonchev–Trinajstić information content (AvgIpc) is 3.04. The van der Waals surface area contributed by atoms with Gasteiger partial charge in [0.1, 0.15) is 28.4 Å². The van der Waals surface area contributed by atoms with Crippen LogP contribution in [0.4, 0.5) is 13.2 Å². The molecular formula is C20H13F3N2O3S. The molecular weight excluding hydrogens is 405 g/mol. The number of dihydropyridines is 1. The summed E-state index contributed by atoms with van der Waals surface area (Å²) in [5, 5.41) is 9.21. The molecule has 0 bridgehead atoms. The van der Waals surface area contributed by atoms with E-state index in [1.807, 2.05) is 0 Å². The number of hydrogen-bond acceptors (Lipinski definition) is 5. The first-order chi connectivity index (χ1) is 13.8. The van der Waals surface area contributed by atoms with Gasteiger partial charge in [0.25, 0.3) is 5.91 Å². The number of benzene rings is 1. The van der Waals surface area contributed by atoms with Gasteiger partial charge < -0.3 is 9.84 Å². The lowest BCUT2D eigenvalue weighted by Gasteiger charge is -2.16. The number of aromatic nitrogens is 1. The maximum absolute atomic E-state index is 13.8. The Morgan fingerprint density at radius 3 is 2.66 bits per heavy atom. The van der Waals surface area contributed by atoms with E-state index in [2.05, 4.69) is 16.6 Å². The van der Waals surface area contributed by atoms with Gasteiger partial charge in [-0.2, -0.15) is 13.2 Å². The molecule has 1 unspecified atom stereocenters. The molecule has 0 fully saturated rings. The number of nitrogens with zero attached hydrogens (tertiary/aromatic N) is 2. The maximum atomic E-state index is 13.8. The van der Waals surface area contributed by atoms with Crippen LogP contribution in [-0.4, -0.2) is 33.6 Å². The molecule has 0 saturated carbocycles. The van der Waals surface area contributed by atoms with Gasteiger partial charge in [0.05, 0.1) is 17.0 Å². The standard InChI is InChI=1S/C20H13F3N2O3S/c1-2-7-28-11-5-3-10(4-6-11)13-8-12(20(21,22)23)16-17-18(29-19(16)24-13)14(26)9-15(27)25-17/h2-6,8-9,18,26H,1,7H2. The Kier molecular flexibility index (Phi) is 4.70. The zero-order valence-electron chi connectivity index (χ0n) is 14.7. The first kappa shape index (κ1) is 19.3. The van der Waals surface area contributed by atoms with Gasteiger partial charge in [0.2, 0.25) is 0 Å². The Hall–Kier alpha value is -3.07. The van der Waals surface area contributed by atoms with E-state index in [4.69, 9.17) is 4.74 Å². The van der Waals surface area contributed by atoms with Crippen LogP contribution in [0.3, 0.4) is 0 Å². The Morgan fingerprint density at radius 1 is 1.28 bits per heavy atom. The Balaban J connectivity index is 1.81. The highest BCUT2D eigenvalue weighted by Gasteiger charge is 2.45. The first-order valence-electron chi connectivity index (χ1n) is 8.44. The predicted octanol–water partition coefficient (Wildman–Crippen LogP) is 4.58. The summed E-state index contributed by atoms with van der Waals surface area (Å²) in [7, 11) is 0. The summed E-state index contributed by atoms with van der Waals surface area (Å²) in [6.07, 6.45) is -2.20. The topological polar surface area (TPSA) is 71.8 Å². The molecule has 148 valence electrons. The predicted molar refractivity (Wildman–Crippen MR) is 102 cm³/mol. The van der Waals surface area contributed by atoms with E-state index in [0.29, 0.717) is 17.9 Å². The van der Waals surface area contributed by atoms with Crippen molar-refractivity contribution in [2.45, 2.75) is 16.5 Å². The van der Waals surface area contributed by atoms with E-state index >= 15 is 0 Å². The minimum absolute atomic E-state index is 0.0696. The fourth-order valence-corrected chi connectivity index (χ4v) is 4.25. The second-order valence-electron chi connectivity index (χ2n) is 6.26. The molecule has 1 aromatic heterocycles. The lowest BCUT2D eigenvalue weighted by atomic mass is 9.98. The van der Waals surface area contributed by atoms with Crippen LogP contribution in [0.25, 0.3) is 11.3 Å². The molecule has 1 N–H and O–H groups in total. The van der Waals surface area contributed by atoms with Crippen molar-refractivity contribution in [2.24, 2.45) is 4.99 Å². The highest BCUT2D eigenvalue weighted by atomic mass is 32.2. The number of aliphatic hydroxyl groups is 1. The number of hydrogen-bond donors (Lipinski definition) is 1. The Bertz CT molecular complexity index is 1080. The smallest absolute Gasteiger partial charge is 0.417 e. The monoisotopic (exact) mass is 418 g/mol. The van der Waals surface area contributed by atoms with Crippen LogP contribution in [0.2, 0.25) is 0 Å². The molecule has 1 aromatic carbocycles. The lowest BCUT2D eigenvalue weighted by Crippen LogP contribution is -2.24. The molecule has 0 aliphatic carbocycles. The molecule has 2 aromatic rings. The molecule has 9 heteroatoms. The van der Waals surface area contributed by atoms with Crippen LogP contribution in [0.15, 0.2) is 64.8 Å². The number of amides is 1. The summed E-state index contributed by atoms with van der Waals surface area (Å²) in [5.74, 6) is -0.579. The molecule has 4 rings (SSSR count). The number of aliphatic hydroxyl groups excluding tert-OH is 1. The third-order valence-electron chi connectivity index (χ3n) is 4.31. The van der Waals surface area contributed by atoms with Crippen molar-refractivity contribution in [3.8, 4) is 17.0 Å². The van der Waals surface area contributed by atoms with Gasteiger partial charge in [0, 0.05) is 17.2 Å². The number of alkyl halides is 3. The van der Waals surface area contributed by atoms with Gasteiger partial charge in [0.15, 0.2) is 0 Å². The molecule has 0 saturated heterocycles. The van der Waals surface area contributed by atoms with E-state index in [-0.39, 0.29) is 27.8 Å². The van der Waals surface area contributed by atoms with E-state index < -0.39 is 22.9 Å². The summed E-state index contributed by atoms with van der Waals surface area (Å²) in [4.78, 5) is 19.7. The largest absolute Gasteiger partial charge is 0.510 e. The second kappa shape index (κ2) is 7.07. The minimum atomic E-state index is -4.69. The van der Waals surface area contributed by atoms with Gasteiger partial charge in [-0.25, -0.2) is 9.98 Å². The third-order valence-corrected chi connectivity index (χ3v) is 5.53. The van der Waals surface area contributed by atoms with Crippen LogP contribution in [0.5, 0.6) is 5.75 Å². The number of ether oxygens (including phenoxy) is 1. The number of carbonyl (C=O) groups excluding carboxylic acids is 1. The van der Waals surface area contributed by atoms with E-state index in [1.165, 1.54) is 0 Å². The fourth-order valence-electron chi connectivity index (χ4n) is 3.07. The van der Waals surface area contributed by atoms with Gasteiger partial charge in [-0.05, 0) is 30.3 Å². The highest BCUT2D eigenvalue weighted by Crippen LogP contribution is 2.47. The van der Waals surface area contributed by atoms with Gasteiger partial charge in [-0.3, -0.25) is 4.79 Å². The molecule has 1 atom stereocenters. The Labute approximate surface area is 167 Å². The van der Waals surface area contributed by atoms with Crippen LogP contribution in [0.1, 0.15) is 11.1 Å². The van der Waals surface area contributed by atoms with Crippen molar-refractivity contribution in [1.29, 1.82) is 0 Å². The SMILES string of the molecule is C=CCOc1ccc(-c2cc(C(F)(F)F)c3c(n2)SC2C(O)=CC(=O)N=C32)cc1. The average molecular weight is 418 g/mol. The van der Waals surface area contributed by atoms with E-state index in [9.17, 15) is 23.1 Å². The summed E-state index contributed by atoms with van der Waals surface area (Å²) in [6, 6.07) is 7.41. The number of carbonyl (C=O) groups is 1. The first-order valence-corrected chi connectivity index (χ1v) is 9.32. The van der Waals surface area contributed by atoms with Crippen LogP contribution >= 0.6 is 11.8 Å². The number of fused-ring (bicyclic) bond motifs is 3. The van der Waals surface area contributed by atoms with Crippen molar-refractivity contribution in [3.05, 3.63) is 65.9 Å². The van der Waals surface area contributed by atoms with Gasteiger partial charge >= 0.3 is 6.18 Å². The molecule has 2 aliphatic rings. The lowest BCUT2D eigenvalue weighted by molar-refractivity contribution is -0.138. The summed E-state index contributed by atoms with van der Waals surface area (Å²) in [5.41, 5.74) is -0.726. The number of thioether (sulfide) groups is 1. The van der Waals surface area contributed by atoms with Gasteiger partial charge in [-0.15, -0.1) is 0 Å². The molecule has 3 heterocycles. The minimum Gasteiger partial charge on any atom is -0.510 e. The number of halogens is 3. The van der Waals surface area contributed by atoms with E-state index in [0.717, 1.165) is 23.9 Å². The van der Waals surface area contributed by atoms with Crippen molar-refractivity contribution >= 4 is 23.4 Å². The number of aliphatic imine (C=N–C) groups is 1. The molecule has 2 aliphatic heterocycles. The quantitative estimate of drug-likeness (QED) is 0.736. The van der Waals surface area contributed by atoms with Crippen LogP contribution in [0, 0.1) is 0 Å². The van der Waals surface area contributed by atoms with Crippen molar-refractivity contribution in [1.82, 2.24) is 4.98 Å². The van der Waals surface area contributed by atoms with Crippen molar-refractivity contribution in [3.63, 3.8) is 0 Å². The molecule has 1 amide bonds. The van der Waals surface area contributed by atoms with Crippen molar-refractivity contribution < 1.29 is 27.8 Å². The van der Waals surface area contributed by atoms with Crippen molar-refractivity contribution in [2.75, 3.05) is 6.61 Å². The molecule has 5 nitrogen and oxygen atoms in total. The molecule has 29 heavy (non-hydrogen) atoms. The normalized spacial score (nSPS) is 17.9. The molecule has 0 spiro atoms. The number of pyridine rings is 1. The Morgan fingerprint density at radius 2 is 2.00 bits per heavy atom. The highest BCUT2D eigenvalue weighted by molar-refractivity contribution is 8.01. The second-order valence-corrected chi connectivity index (χ2v) is 7.35. The zero-order valence-corrected chi connectivity index (χ0v) is 15.5. The van der Waals surface area contributed by atoms with Crippen LogP contribution in [-0.2, 0) is 11.0 Å². The van der Waals surface area contributed by atoms with Crippen LogP contribution < -0.4 is 4.74 Å². The van der Waals surface area contributed by atoms with E-state index in [1.54, 1.807) is 30.3 Å². The maximum Gasteiger partial charge on any atom is 0.417 e. The number of rotatable bonds is 4. The summed E-state index contributed by atoms with van der Waals surface area (Å²) in [6.45, 7) is 3.86. The molecule has 0 radical (unpaired) electrons. The van der Waals surface area contributed by atoms with Gasteiger partial charge in [-0.1, -0.05) is 24.4 Å². The fraction of sp³-hybridized carbons (Fsp3) is 0.150. The zero-order chi connectivity index (χ0) is 20.8. The summed E-state index contributed by atoms with van der Waals surface area (Å²) >= 11 is 0.935. The summed E-state index contributed by atoms with van der Waals surface area (Å²) < 4.78 is 46.8.